The van der Waals surface area contributed by atoms with E-state index in [1.807, 2.05) is 0 Å². The average molecular weight is 356 g/mol. The maximum atomic E-state index is 13.2. The first-order valence-corrected chi connectivity index (χ1v) is 8.38. The van der Waals surface area contributed by atoms with Crippen molar-refractivity contribution in [1.29, 1.82) is 0 Å². The van der Waals surface area contributed by atoms with Crippen LogP contribution in [0.4, 0.5) is 4.39 Å². The Bertz CT molecular complexity index is 1010. The standard InChI is InChI=1S/C19H17FN2O4/c20-13-4-3-5-14(10-13)25-15-8-9-21(11-15)18(23)12-22-16-6-1-2-7-17(16)26-19(22)24/h1-7,10,15H,8-9,11-12H2. The van der Waals surface area contributed by atoms with E-state index in [1.165, 1.54) is 16.7 Å². The molecule has 1 saturated heterocycles. The van der Waals surface area contributed by atoms with Gasteiger partial charge >= 0.3 is 5.76 Å². The Kier molecular flexibility index (Phi) is 4.20. The van der Waals surface area contributed by atoms with E-state index in [0.717, 1.165) is 0 Å². The second-order valence-electron chi connectivity index (χ2n) is 6.25. The number of aromatic nitrogens is 1. The van der Waals surface area contributed by atoms with Gasteiger partial charge in [0.1, 0.15) is 24.2 Å². The minimum absolute atomic E-state index is 0.0808. The summed E-state index contributed by atoms with van der Waals surface area (Å²) >= 11 is 0. The first-order valence-electron chi connectivity index (χ1n) is 8.38. The molecule has 1 aromatic heterocycles. The fraction of sp³-hybridized carbons (Fsp3) is 0.263. The van der Waals surface area contributed by atoms with Gasteiger partial charge < -0.3 is 14.1 Å². The predicted octanol–water partition coefficient (Wildman–Crippen LogP) is 2.41. The number of fused-ring (bicyclic) bond motifs is 1. The summed E-state index contributed by atoms with van der Waals surface area (Å²) in [7, 11) is 0. The summed E-state index contributed by atoms with van der Waals surface area (Å²) in [5.74, 6) is -0.642. The van der Waals surface area contributed by atoms with Crippen LogP contribution in [-0.4, -0.2) is 34.6 Å². The van der Waals surface area contributed by atoms with Gasteiger partial charge in [-0.3, -0.25) is 9.36 Å². The topological polar surface area (TPSA) is 64.7 Å². The van der Waals surface area contributed by atoms with Crippen LogP contribution in [0.25, 0.3) is 11.1 Å². The van der Waals surface area contributed by atoms with Gasteiger partial charge in [-0.2, -0.15) is 0 Å². The molecule has 0 N–H and O–H groups in total. The van der Waals surface area contributed by atoms with E-state index in [4.69, 9.17) is 9.15 Å². The summed E-state index contributed by atoms with van der Waals surface area (Å²) in [5.41, 5.74) is 1.05. The molecule has 2 heterocycles. The Morgan fingerprint density at radius 1 is 1.23 bits per heavy atom. The van der Waals surface area contributed by atoms with Crippen LogP contribution in [0.2, 0.25) is 0 Å². The van der Waals surface area contributed by atoms with Gasteiger partial charge in [0.2, 0.25) is 5.91 Å². The molecule has 0 saturated carbocycles. The number of carbonyl (C=O) groups is 1. The Hall–Kier alpha value is -3.09. The van der Waals surface area contributed by atoms with Gasteiger partial charge in [-0.15, -0.1) is 0 Å². The molecule has 26 heavy (non-hydrogen) atoms. The van der Waals surface area contributed by atoms with E-state index < -0.39 is 5.76 Å². The van der Waals surface area contributed by atoms with Crippen molar-refractivity contribution in [2.75, 3.05) is 13.1 Å². The Morgan fingerprint density at radius 3 is 2.92 bits per heavy atom. The second kappa shape index (κ2) is 6.67. The third kappa shape index (κ3) is 3.20. The van der Waals surface area contributed by atoms with Crippen molar-refractivity contribution in [3.8, 4) is 5.75 Å². The van der Waals surface area contributed by atoms with Crippen LogP contribution in [0.15, 0.2) is 57.7 Å². The van der Waals surface area contributed by atoms with E-state index >= 15 is 0 Å². The third-order valence-electron chi connectivity index (χ3n) is 4.46. The van der Waals surface area contributed by atoms with Crippen LogP contribution in [-0.2, 0) is 11.3 Å². The van der Waals surface area contributed by atoms with Crippen molar-refractivity contribution in [3.63, 3.8) is 0 Å². The number of halogens is 1. The van der Waals surface area contributed by atoms with Gasteiger partial charge in [-0.1, -0.05) is 18.2 Å². The lowest BCUT2D eigenvalue weighted by Crippen LogP contribution is -2.35. The van der Waals surface area contributed by atoms with Crippen LogP contribution >= 0.6 is 0 Å². The molecule has 1 atom stereocenters. The number of benzene rings is 2. The Labute approximate surface area is 148 Å². The van der Waals surface area contributed by atoms with Gasteiger partial charge in [0.15, 0.2) is 5.58 Å². The number of carbonyl (C=O) groups excluding carboxylic acids is 1. The van der Waals surface area contributed by atoms with E-state index in [0.29, 0.717) is 36.4 Å². The SMILES string of the molecule is O=C(Cn1c(=O)oc2ccccc21)N1CCC(Oc2cccc(F)c2)C1. The monoisotopic (exact) mass is 356 g/mol. The highest BCUT2D eigenvalue weighted by molar-refractivity contribution is 5.79. The quantitative estimate of drug-likeness (QED) is 0.720. The van der Waals surface area contributed by atoms with Crippen molar-refractivity contribution in [1.82, 2.24) is 9.47 Å². The maximum Gasteiger partial charge on any atom is 0.420 e. The van der Waals surface area contributed by atoms with Crippen molar-refractivity contribution in [3.05, 3.63) is 64.9 Å². The van der Waals surface area contributed by atoms with Gasteiger partial charge in [-0.25, -0.2) is 9.18 Å². The van der Waals surface area contributed by atoms with Crippen LogP contribution in [0, 0.1) is 5.82 Å². The number of hydrogen-bond acceptors (Lipinski definition) is 4. The number of rotatable bonds is 4. The molecule has 7 heteroatoms. The highest BCUT2D eigenvalue weighted by Gasteiger charge is 2.28. The third-order valence-corrected chi connectivity index (χ3v) is 4.46. The van der Waals surface area contributed by atoms with E-state index in [-0.39, 0.29) is 24.4 Å². The van der Waals surface area contributed by atoms with Crippen molar-refractivity contribution in [2.24, 2.45) is 0 Å². The summed E-state index contributed by atoms with van der Waals surface area (Å²) in [5, 5.41) is 0. The lowest BCUT2D eigenvalue weighted by molar-refractivity contribution is -0.131. The molecule has 134 valence electrons. The normalized spacial score (nSPS) is 17.0. The lowest BCUT2D eigenvalue weighted by atomic mass is 10.3. The van der Waals surface area contributed by atoms with Gasteiger partial charge in [0, 0.05) is 19.0 Å². The minimum atomic E-state index is -0.550. The fourth-order valence-corrected chi connectivity index (χ4v) is 3.18. The number of para-hydroxylation sites is 2. The summed E-state index contributed by atoms with van der Waals surface area (Å²) < 4.78 is 25.5. The highest BCUT2D eigenvalue weighted by Crippen LogP contribution is 2.20. The van der Waals surface area contributed by atoms with Crippen LogP contribution < -0.4 is 10.5 Å². The van der Waals surface area contributed by atoms with Gasteiger partial charge in [-0.05, 0) is 24.3 Å². The number of oxazole rings is 1. The molecule has 6 nitrogen and oxygen atoms in total. The number of hydrogen-bond donors (Lipinski definition) is 0. The molecule has 1 fully saturated rings. The summed E-state index contributed by atoms with van der Waals surface area (Å²) in [4.78, 5) is 26.2. The summed E-state index contributed by atoms with van der Waals surface area (Å²) in [6.07, 6.45) is 0.460. The molecule has 1 aliphatic heterocycles. The summed E-state index contributed by atoms with van der Waals surface area (Å²) in [6, 6.07) is 12.9. The lowest BCUT2D eigenvalue weighted by Gasteiger charge is -2.17. The molecule has 0 radical (unpaired) electrons. The second-order valence-corrected chi connectivity index (χ2v) is 6.25. The first kappa shape index (κ1) is 16.4. The van der Waals surface area contributed by atoms with E-state index in [9.17, 15) is 14.0 Å². The molecule has 4 rings (SSSR count). The fourth-order valence-electron chi connectivity index (χ4n) is 3.18. The molecule has 2 aromatic carbocycles. The van der Waals surface area contributed by atoms with E-state index in [1.54, 1.807) is 41.3 Å². The molecular weight excluding hydrogens is 339 g/mol. The Balaban J connectivity index is 1.43. The molecule has 0 spiro atoms. The zero-order valence-electron chi connectivity index (χ0n) is 13.9. The highest BCUT2D eigenvalue weighted by atomic mass is 19.1. The average Bonchev–Trinajstić information content (AvgIpc) is 3.20. The maximum absolute atomic E-state index is 13.2. The molecular formula is C19H17FN2O4. The van der Waals surface area contributed by atoms with Crippen LogP contribution in [0.3, 0.4) is 0 Å². The van der Waals surface area contributed by atoms with Crippen molar-refractivity contribution >= 4 is 17.0 Å². The van der Waals surface area contributed by atoms with Crippen LogP contribution in [0.5, 0.6) is 5.75 Å². The number of ether oxygens (including phenoxy) is 1. The molecule has 3 aromatic rings. The zero-order chi connectivity index (χ0) is 18.1. The minimum Gasteiger partial charge on any atom is -0.488 e. The van der Waals surface area contributed by atoms with Crippen molar-refractivity contribution in [2.45, 2.75) is 19.1 Å². The smallest absolute Gasteiger partial charge is 0.420 e. The van der Waals surface area contributed by atoms with Gasteiger partial charge in [0.05, 0.1) is 12.1 Å². The molecule has 0 bridgehead atoms. The predicted molar refractivity (Wildman–Crippen MR) is 92.5 cm³/mol. The Morgan fingerprint density at radius 2 is 2.08 bits per heavy atom. The molecule has 1 amide bonds. The van der Waals surface area contributed by atoms with Crippen LogP contribution in [0.1, 0.15) is 6.42 Å². The number of nitrogens with zero attached hydrogens (tertiary/aromatic N) is 2. The first-order chi connectivity index (χ1) is 12.6. The van der Waals surface area contributed by atoms with Crippen molar-refractivity contribution < 1.29 is 18.3 Å². The summed E-state index contributed by atoms with van der Waals surface area (Å²) in [6.45, 7) is 0.853. The van der Waals surface area contributed by atoms with E-state index in [2.05, 4.69) is 0 Å². The molecule has 0 aliphatic carbocycles. The number of amides is 1. The number of likely N-dealkylation sites (tertiary alicyclic amines) is 1. The molecule has 1 aliphatic rings. The zero-order valence-corrected chi connectivity index (χ0v) is 13.9. The molecule has 1 unspecified atom stereocenters. The largest absolute Gasteiger partial charge is 0.488 e. The van der Waals surface area contributed by atoms with Gasteiger partial charge in [0.25, 0.3) is 0 Å².